The highest BCUT2D eigenvalue weighted by molar-refractivity contribution is 5.83. The first-order valence-electron chi connectivity index (χ1n) is 7.16. The first-order chi connectivity index (χ1) is 10.8. The number of hydrogen-bond donors (Lipinski definition) is 1. The number of amides is 1. The van der Waals surface area contributed by atoms with Crippen molar-refractivity contribution in [3.63, 3.8) is 0 Å². The van der Waals surface area contributed by atoms with Crippen LogP contribution < -0.4 is 5.56 Å². The Morgan fingerprint density at radius 3 is 2.74 bits per heavy atom. The van der Waals surface area contributed by atoms with Gasteiger partial charge in [0.05, 0.1) is 11.1 Å². The van der Waals surface area contributed by atoms with Gasteiger partial charge in [-0.3, -0.25) is 24.3 Å². The molecule has 1 aromatic rings. The van der Waals surface area contributed by atoms with E-state index >= 15 is 0 Å². The number of hydrogen-bond acceptors (Lipinski definition) is 5. The number of likely N-dealkylation sites (tertiary alicyclic amines) is 1. The molecule has 1 N–H and O–H groups in total. The summed E-state index contributed by atoms with van der Waals surface area (Å²) in [4.78, 5) is 46.7. The van der Waals surface area contributed by atoms with Crippen molar-refractivity contribution in [3.05, 3.63) is 38.8 Å². The number of carbonyl (C=O) groups excluding carboxylic acids is 1. The van der Waals surface area contributed by atoms with E-state index in [9.17, 15) is 29.6 Å². The Morgan fingerprint density at radius 1 is 1.43 bits per heavy atom. The molecule has 0 bridgehead atoms. The van der Waals surface area contributed by atoms with Crippen LogP contribution in [0.3, 0.4) is 0 Å². The molecule has 1 aliphatic heterocycles. The second-order valence-electron chi connectivity index (χ2n) is 5.68. The van der Waals surface area contributed by atoms with Gasteiger partial charge in [0.15, 0.2) is 0 Å². The number of piperidine rings is 1. The molecule has 2 heterocycles. The van der Waals surface area contributed by atoms with E-state index in [1.165, 1.54) is 4.90 Å². The maximum atomic E-state index is 12.4. The van der Waals surface area contributed by atoms with Gasteiger partial charge in [0.1, 0.15) is 12.6 Å². The van der Waals surface area contributed by atoms with E-state index in [0.29, 0.717) is 19.4 Å². The molecule has 1 saturated heterocycles. The van der Waals surface area contributed by atoms with Crippen LogP contribution in [0.15, 0.2) is 23.1 Å². The van der Waals surface area contributed by atoms with Crippen LogP contribution in [0, 0.1) is 16.0 Å². The summed E-state index contributed by atoms with van der Waals surface area (Å²) in [6.07, 6.45) is 2.02. The van der Waals surface area contributed by atoms with Gasteiger partial charge in [-0.25, -0.2) is 4.79 Å². The molecule has 0 spiro atoms. The number of carbonyl (C=O) groups is 2. The highest BCUT2D eigenvalue weighted by atomic mass is 16.6. The molecule has 0 saturated carbocycles. The number of nitro groups is 1. The van der Waals surface area contributed by atoms with Crippen molar-refractivity contribution in [3.8, 4) is 0 Å². The standard InChI is InChI=1S/C14H17N3O6/c1-9-4-5-16(11(6-9)14(20)21)13(19)8-15-7-10(17(22)23)2-3-12(15)18/h2-3,7,9,11H,4-6,8H2,1H3,(H,20,21). The molecule has 9 nitrogen and oxygen atoms in total. The van der Waals surface area contributed by atoms with Crippen LogP contribution in [0.1, 0.15) is 19.8 Å². The second-order valence-corrected chi connectivity index (χ2v) is 5.68. The third kappa shape index (κ3) is 3.74. The van der Waals surface area contributed by atoms with Gasteiger partial charge in [-0.15, -0.1) is 0 Å². The maximum Gasteiger partial charge on any atom is 0.326 e. The SMILES string of the molecule is CC1CCN(C(=O)Cn2cc([N+](=O)[O-])ccc2=O)C(C(=O)O)C1. The van der Waals surface area contributed by atoms with Crippen molar-refractivity contribution >= 4 is 17.6 Å². The first-order valence-corrected chi connectivity index (χ1v) is 7.16. The average molecular weight is 323 g/mol. The summed E-state index contributed by atoms with van der Waals surface area (Å²) >= 11 is 0. The minimum Gasteiger partial charge on any atom is -0.480 e. The Bertz CT molecular complexity index is 698. The van der Waals surface area contributed by atoms with Crippen molar-refractivity contribution in [1.82, 2.24) is 9.47 Å². The largest absolute Gasteiger partial charge is 0.480 e. The Morgan fingerprint density at radius 2 is 2.13 bits per heavy atom. The number of aromatic nitrogens is 1. The lowest BCUT2D eigenvalue weighted by Gasteiger charge is -2.36. The Hall–Kier alpha value is -2.71. The minimum atomic E-state index is -1.09. The molecule has 0 aliphatic carbocycles. The van der Waals surface area contributed by atoms with Crippen LogP contribution in [-0.2, 0) is 16.1 Å². The van der Waals surface area contributed by atoms with Crippen LogP contribution in [0.5, 0.6) is 0 Å². The quantitative estimate of drug-likeness (QED) is 0.634. The van der Waals surface area contributed by atoms with E-state index < -0.39 is 34.9 Å². The second kappa shape index (κ2) is 6.59. The third-order valence-corrected chi connectivity index (χ3v) is 3.95. The zero-order valence-electron chi connectivity index (χ0n) is 12.5. The van der Waals surface area contributed by atoms with Gasteiger partial charge in [-0.1, -0.05) is 6.92 Å². The van der Waals surface area contributed by atoms with Crippen LogP contribution in [0.25, 0.3) is 0 Å². The fraction of sp³-hybridized carbons (Fsp3) is 0.500. The molecule has 1 aliphatic rings. The van der Waals surface area contributed by atoms with Crippen molar-refractivity contribution < 1.29 is 19.6 Å². The molecule has 2 unspecified atom stereocenters. The van der Waals surface area contributed by atoms with E-state index in [-0.39, 0.29) is 11.6 Å². The van der Waals surface area contributed by atoms with Gasteiger partial charge >= 0.3 is 5.97 Å². The summed E-state index contributed by atoms with van der Waals surface area (Å²) in [6, 6.07) is 1.14. The molecule has 23 heavy (non-hydrogen) atoms. The summed E-state index contributed by atoms with van der Waals surface area (Å²) < 4.78 is 0.928. The van der Waals surface area contributed by atoms with Crippen LogP contribution >= 0.6 is 0 Å². The molecule has 9 heteroatoms. The normalized spacial score (nSPS) is 21.0. The van der Waals surface area contributed by atoms with Crippen molar-refractivity contribution in [2.75, 3.05) is 6.54 Å². The molecule has 1 aromatic heterocycles. The summed E-state index contributed by atoms with van der Waals surface area (Å²) in [5.41, 5.74) is -0.861. The fourth-order valence-electron chi connectivity index (χ4n) is 2.66. The predicted octanol–water partition coefficient (Wildman–Crippen LogP) is 0.468. The summed E-state index contributed by atoms with van der Waals surface area (Å²) in [5, 5.41) is 20.0. The van der Waals surface area contributed by atoms with Gasteiger partial charge in [-0.05, 0) is 18.8 Å². The lowest BCUT2D eigenvalue weighted by molar-refractivity contribution is -0.385. The molecule has 2 atom stereocenters. The molecule has 124 valence electrons. The first kappa shape index (κ1) is 16.7. The van der Waals surface area contributed by atoms with Gasteiger partial charge in [0, 0.05) is 18.7 Å². The van der Waals surface area contributed by atoms with E-state index in [1.54, 1.807) is 0 Å². The number of rotatable bonds is 4. The highest BCUT2D eigenvalue weighted by Gasteiger charge is 2.34. The van der Waals surface area contributed by atoms with Gasteiger partial charge in [-0.2, -0.15) is 0 Å². The molecule has 1 amide bonds. The number of aliphatic carboxylic acids is 1. The van der Waals surface area contributed by atoms with Crippen molar-refractivity contribution in [2.45, 2.75) is 32.4 Å². The zero-order chi connectivity index (χ0) is 17.1. The summed E-state index contributed by atoms with van der Waals surface area (Å²) in [6.45, 7) is 1.79. The molecular weight excluding hydrogens is 306 g/mol. The third-order valence-electron chi connectivity index (χ3n) is 3.95. The predicted molar refractivity (Wildman–Crippen MR) is 78.9 cm³/mol. The molecule has 2 rings (SSSR count). The Balaban J connectivity index is 2.21. The highest BCUT2D eigenvalue weighted by Crippen LogP contribution is 2.23. The van der Waals surface area contributed by atoms with E-state index in [1.807, 2.05) is 6.92 Å². The Labute approximate surface area is 131 Å². The van der Waals surface area contributed by atoms with Crippen LogP contribution in [0.4, 0.5) is 5.69 Å². The maximum absolute atomic E-state index is 12.4. The number of pyridine rings is 1. The van der Waals surface area contributed by atoms with Gasteiger partial charge < -0.3 is 10.0 Å². The van der Waals surface area contributed by atoms with Gasteiger partial charge in [0.2, 0.25) is 5.91 Å². The molecule has 0 radical (unpaired) electrons. The molecule has 1 fully saturated rings. The number of carboxylic acids is 1. The van der Waals surface area contributed by atoms with Gasteiger partial charge in [0.25, 0.3) is 11.2 Å². The molecular formula is C14H17N3O6. The lowest BCUT2D eigenvalue weighted by Crippen LogP contribution is -2.51. The summed E-state index contributed by atoms with van der Waals surface area (Å²) in [5.74, 6) is -1.43. The fourth-order valence-corrected chi connectivity index (χ4v) is 2.66. The number of nitrogens with zero attached hydrogens (tertiary/aromatic N) is 3. The minimum absolute atomic E-state index is 0.195. The van der Waals surface area contributed by atoms with Crippen LogP contribution in [0.2, 0.25) is 0 Å². The smallest absolute Gasteiger partial charge is 0.326 e. The lowest BCUT2D eigenvalue weighted by atomic mass is 9.92. The van der Waals surface area contributed by atoms with Crippen molar-refractivity contribution in [1.29, 1.82) is 0 Å². The summed E-state index contributed by atoms with van der Waals surface area (Å²) in [7, 11) is 0. The molecule has 0 aromatic carbocycles. The van der Waals surface area contributed by atoms with E-state index in [0.717, 1.165) is 22.9 Å². The number of carboxylic acid groups (broad SMARTS) is 1. The van der Waals surface area contributed by atoms with Crippen molar-refractivity contribution in [2.24, 2.45) is 5.92 Å². The van der Waals surface area contributed by atoms with E-state index in [4.69, 9.17) is 0 Å². The average Bonchev–Trinajstić information content (AvgIpc) is 2.48. The van der Waals surface area contributed by atoms with E-state index in [2.05, 4.69) is 0 Å². The monoisotopic (exact) mass is 323 g/mol. The Kier molecular flexibility index (Phi) is 4.77. The topological polar surface area (TPSA) is 123 Å². The zero-order valence-corrected chi connectivity index (χ0v) is 12.5. The van der Waals surface area contributed by atoms with Crippen LogP contribution in [-0.4, -0.2) is 44.0 Å².